The van der Waals surface area contributed by atoms with Gasteiger partial charge in [-0.2, -0.15) is 0 Å². The summed E-state index contributed by atoms with van der Waals surface area (Å²) >= 11 is 0. The standard InChI is InChI=1S/C17H26F2N2/c1-20-16(15-13(18)9-8-10-14(15)19)17(21(2)3)11-6-4-5-7-12-17/h8-10,16,20H,4-7,11-12H2,1-3H3. The first kappa shape index (κ1) is 16.4. The summed E-state index contributed by atoms with van der Waals surface area (Å²) in [6, 6.07) is 3.79. The summed E-state index contributed by atoms with van der Waals surface area (Å²) in [5.74, 6) is -0.917. The fraction of sp³-hybridized carbons (Fsp3) is 0.647. The molecule has 0 aromatic heterocycles. The molecule has 1 saturated carbocycles. The van der Waals surface area contributed by atoms with Crippen molar-refractivity contribution >= 4 is 0 Å². The number of benzene rings is 1. The Morgan fingerprint density at radius 1 is 1.05 bits per heavy atom. The summed E-state index contributed by atoms with van der Waals surface area (Å²) in [5, 5.41) is 3.20. The van der Waals surface area contributed by atoms with E-state index in [9.17, 15) is 8.78 Å². The molecule has 1 fully saturated rings. The zero-order chi connectivity index (χ0) is 15.5. The SMILES string of the molecule is CNC(c1c(F)cccc1F)C1(N(C)C)CCCCCC1. The lowest BCUT2D eigenvalue weighted by molar-refractivity contribution is 0.0801. The Morgan fingerprint density at radius 3 is 2.00 bits per heavy atom. The van der Waals surface area contributed by atoms with E-state index >= 15 is 0 Å². The number of likely N-dealkylation sites (N-methyl/N-ethyl adjacent to an activating group) is 2. The number of hydrogen-bond acceptors (Lipinski definition) is 2. The first-order valence-corrected chi connectivity index (χ1v) is 7.81. The van der Waals surface area contributed by atoms with E-state index in [1.54, 1.807) is 7.05 Å². The first-order chi connectivity index (χ1) is 10.0. The fourth-order valence-electron chi connectivity index (χ4n) is 3.80. The second-order valence-corrected chi connectivity index (χ2v) is 6.27. The van der Waals surface area contributed by atoms with Gasteiger partial charge in [0.1, 0.15) is 11.6 Å². The average Bonchev–Trinajstić information content (AvgIpc) is 2.69. The Balaban J connectivity index is 2.49. The van der Waals surface area contributed by atoms with Crippen LogP contribution in [0.25, 0.3) is 0 Å². The topological polar surface area (TPSA) is 15.3 Å². The van der Waals surface area contributed by atoms with Crippen LogP contribution >= 0.6 is 0 Å². The number of nitrogens with zero attached hydrogens (tertiary/aromatic N) is 1. The van der Waals surface area contributed by atoms with Crippen molar-refractivity contribution in [1.82, 2.24) is 10.2 Å². The van der Waals surface area contributed by atoms with E-state index in [2.05, 4.69) is 10.2 Å². The van der Waals surface area contributed by atoms with Gasteiger partial charge in [0.2, 0.25) is 0 Å². The molecule has 21 heavy (non-hydrogen) atoms. The molecular formula is C17H26F2N2. The molecule has 0 aliphatic heterocycles. The molecule has 4 heteroatoms. The summed E-state index contributed by atoms with van der Waals surface area (Å²) in [6.45, 7) is 0. The van der Waals surface area contributed by atoms with Gasteiger partial charge in [-0.25, -0.2) is 8.78 Å². The Labute approximate surface area is 126 Å². The molecule has 0 bridgehead atoms. The molecule has 1 aromatic rings. The minimum atomic E-state index is -0.458. The van der Waals surface area contributed by atoms with Gasteiger partial charge in [0, 0.05) is 11.1 Å². The van der Waals surface area contributed by atoms with Crippen molar-refractivity contribution in [2.24, 2.45) is 0 Å². The smallest absolute Gasteiger partial charge is 0.130 e. The summed E-state index contributed by atoms with van der Waals surface area (Å²) < 4.78 is 28.6. The number of nitrogens with one attached hydrogen (secondary N) is 1. The van der Waals surface area contributed by atoms with Gasteiger partial charge in [-0.3, -0.25) is 0 Å². The molecule has 1 aliphatic rings. The van der Waals surface area contributed by atoms with Crippen molar-refractivity contribution in [1.29, 1.82) is 0 Å². The van der Waals surface area contributed by atoms with Crippen LogP contribution in [-0.4, -0.2) is 31.6 Å². The highest BCUT2D eigenvalue weighted by molar-refractivity contribution is 5.27. The lowest BCUT2D eigenvalue weighted by Crippen LogP contribution is -2.53. The molecule has 1 aliphatic carbocycles. The van der Waals surface area contributed by atoms with Gasteiger partial charge in [-0.05, 0) is 46.1 Å². The largest absolute Gasteiger partial charge is 0.311 e. The maximum Gasteiger partial charge on any atom is 0.130 e. The van der Waals surface area contributed by atoms with Gasteiger partial charge in [-0.1, -0.05) is 31.7 Å². The minimum absolute atomic E-state index is 0.176. The van der Waals surface area contributed by atoms with E-state index in [4.69, 9.17) is 0 Å². The first-order valence-electron chi connectivity index (χ1n) is 7.81. The third-order valence-electron chi connectivity index (χ3n) is 4.97. The highest BCUT2D eigenvalue weighted by atomic mass is 19.1. The van der Waals surface area contributed by atoms with E-state index in [1.807, 2.05) is 14.1 Å². The van der Waals surface area contributed by atoms with Crippen LogP contribution < -0.4 is 5.32 Å². The van der Waals surface area contributed by atoms with Crippen molar-refractivity contribution in [2.45, 2.75) is 50.1 Å². The molecule has 1 unspecified atom stereocenters. The van der Waals surface area contributed by atoms with Gasteiger partial charge >= 0.3 is 0 Å². The summed E-state index contributed by atoms with van der Waals surface area (Å²) in [4.78, 5) is 2.16. The van der Waals surface area contributed by atoms with Crippen LogP contribution in [0.1, 0.15) is 50.1 Å². The highest BCUT2D eigenvalue weighted by Crippen LogP contribution is 2.42. The quantitative estimate of drug-likeness (QED) is 0.848. The van der Waals surface area contributed by atoms with Crippen LogP contribution in [0.5, 0.6) is 0 Å². The molecule has 0 heterocycles. The lowest BCUT2D eigenvalue weighted by atomic mass is 9.77. The Hall–Kier alpha value is -1.00. The molecule has 0 spiro atoms. The lowest BCUT2D eigenvalue weighted by Gasteiger charge is -2.46. The Kier molecular flexibility index (Phi) is 5.33. The molecule has 0 radical (unpaired) electrons. The number of halogens is 2. The summed E-state index contributed by atoms with van der Waals surface area (Å²) in [6.07, 6.45) is 6.52. The molecule has 118 valence electrons. The third kappa shape index (κ3) is 3.11. The van der Waals surface area contributed by atoms with Crippen molar-refractivity contribution < 1.29 is 8.78 Å². The van der Waals surface area contributed by atoms with Gasteiger partial charge in [0.15, 0.2) is 0 Å². The van der Waals surface area contributed by atoms with Crippen LogP contribution in [0.3, 0.4) is 0 Å². The third-order valence-corrected chi connectivity index (χ3v) is 4.97. The predicted molar refractivity (Wildman–Crippen MR) is 82.3 cm³/mol. The molecule has 1 aromatic carbocycles. The highest BCUT2D eigenvalue weighted by Gasteiger charge is 2.43. The molecule has 2 rings (SSSR count). The zero-order valence-electron chi connectivity index (χ0n) is 13.3. The van der Waals surface area contributed by atoms with E-state index in [-0.39, 0.29) is 17.1 Å². The van der Waals surface area contributed by atoms with Gasteiger partial charge in [0.25, 0.3) is 0 Å². The fourth-order valence-corrected chi connectivity index (χ4v) is 3.80. The maximum absolute atomic E-state index is 14.3. The Morgan fingerprint density at radius 2 is 1.57 bits per heavy atom. The van der Waals surface area contributed by atoms with Crippen LogP contribution in [-0.2, 0) is 0 Å². The second kappa shape index (κ2) is 6.84. The van der Waals surface area contributed by atoms with E-state index in [1.165, 1.54) is 31.0 Å². The van der Waals surface area contributed by atoms with Crippen LogP contribution in [0.15, 0.2) is 18.2 Å². The monoisotopic (exact) mass is 296 g/mol. The van der Waals surface area contributed by atoms with Crippen LogP contribution in [0.4, 0.5) is 8.78 Å². The summed E-state index contributed by atoms with van der Waals surface area (Å²) in [7, 11) is 5.84. The van der Waals surface area contributed by atoms with Gasteiger partial charge in [0.05, 0.1) is 6.04 Å². The van der Waals surface area contributed by atoms with E-state index in [0.717, 1.165) is 25.7 Å². The van der Waals surface area contributed by atoms with Gasteiger partial charge in [-0.15, -0.1) is 0 Å². The van der Waals surface area contributed by atoms with Crippen LogP contribution in [0, 0.1) is 11.6 Å². The predicted octanol–water partition coefficient (Wildman–Crippen LogP) is 3.88. The number of hydrogen-bond donors (Lipinski definition) is 1. The van der Waals surface area contributed by atoms with Crippen molar-refractivity contribution in [3.8, 4) is 0 Å². The normalized spacial score (nSPS) is 20.3. The second-order valence-electron chi connectivity index (χ2n) is 6.27. The zero-order valence-corrected chi connectivity index (χ0v) is 13.3. The molecule has 2 nitrogen and oxygen atoms in total. The summed E-state index contributed by atoms with van der Waals surface area (Å²) in [5.41, 5.74) is -0.0653. The maximum atomic E-state index is 14.3. The molecule has 0 saturated heterocycles. The molecular weight excluding hydrogens is 270 g/mol. The van der Waals surface area contributed by atoms with E-state index < -0.39 is 11.6 Å². The minimum Gasteiger partial charge on any atom is -0.311 e. The molecule has 1 atom stereocenters. The van der Waals surface area contributed by atoms with E-state index in [0.29, 0.717) is 0 Å². The Bertz CT molecular complexity index is 446. The van der Waals surface area contributed by atoms with Crippen molar-refractivity contribution in [3.63, 3.8) is 0 Å². The van der Waals surface area contributed by atoms with Crippen LogP contribution in [0.2, 0.25) is 0 Å². The average molecular weight is 296 g/mol. The van der Waals surface area contributed by atoms with Crippen molar-refractivity contribution in [2.75, 3.05) is 21.1 Å². The molecule has 1 N–H and O–H groups in total. The number of rotatable bonds is 4. The van der Waals surface area contributed by atoms with Gasteiger partial charge < -0.3 is 10.2 Å². The molecule has 0 amide bonds. The van der Waals surface area contributed by atoms with Crippen molar-refractivity contribution in [3.05, 3.63) is 35.4 Å².